The van der Waals surface area contributed by atoms with E-state index in [-0.39, 0.29) is 0 Å². The molecule has 21 heavy (non-hydrogen) atoms. The van der Waals surface area contributed by atoms with Gasteiger partial charge >= 0.3 is 0 Å². The predicted octanol–water partition coefficient (Wildman–Crippen LogP) is 3.16. The van der Waals surface area contributed by atoms with Gasteiger partial charge in [0.2, 0.25) is 0 Å². The molecule has 3 aromatic rings. The Morgan fingerprint density at radius 3 is 2.71 bits per heavy atom. The van der Waals surface area contributed by atoms with Crippen LogP contribution in [-0.4, -0.2) is 18.6 Å². The molecule has 110 valence electrons. The van der Waals surface area contributed by atoms with Crippen LogP contribution in [0.2, 0.25) is 0 Å². The molecule has 3 aromatic heterocycles. The largest absolute Gasteiger partial charge is 0.307 e. The molecule has 0 aromatic carbocycles. The molecule has 0 saturated heterocycles. The van der Waals surface area contributed by atoms with Gasteiger partial charge < -0.3 is 4.40 Å². The van der Waals surface area contributed by atoms with E-state index in [1.807, 2.05) is 49.7 Å². The second-order valence-corrected chi connectivity index (χ2v) is 7.87. The van der Waals surface area contributed by atoms with Crippen LogP contribution in [0.25, 0.3) is 5.65 Å². The van der Waals surface area contributed by atoms with Gasteiger partial charge in [0, 0.05) is 28.1 Å². The summed E-state index contributed by atoms with van der Waals surface area (Å²) < 4.78 is 14.3. The minimum atomic E-state index is -0.958. The van der Waals surface area contributed by atoms with E-state index in [4.69, 9.17) is 0 Å². The van der Waals surface area contributed by atoms with Crippen LogP contribution >= 0.6 is 11.3 Å². The fourth-order valence-corrected chi connectivity index (χ4v) is 4.78. The highest BCUT2D eigenvalue weighted by Gasteiger charge is 2.12. The van der Waals surface area contributed by atoms with E-state index in [0.29, 0.717) is 11.5 Å². The molecule has 0 N–H and O–H groups in total. The molecule has 0 aliphatic carbocycles. The molecule has 6 heteroatoms. The van der Waals surface area contributed by atoms with Gasteiger partial charge in [0.1, 0.15) is 5.65 Å². The first-order valence-corrected chi connectivity index (χ1v) is 9.04. The molecule has 0 fully saturated rings. The lowest BCUT2D eigenvalue weighted by molar-refractivity contribution is 0.682. The molecule has 0 amide bonds. The zero-order chi connectivity index (χ0) is 15.0. The smallest absolute Gasteiger partial charge is 0.139 e. The summed E-state index contributed by atoms with van der Waals surface area (Å²) in [6.07, 6.45) is 3.93. The van der Waals surface area contributed by atoms with Gasteiger partial charge in [0.25, 0.3) is 0 Å². The third-order valence-electron chi connectivity index (χ3n) is 3.33. The van der Waals surface area contributed by atoms with Crippen LogP contribution in [0.3, 0.4) is 0 Å². The van der Waals surface area contributed by atoms with Crippen LogP contribution in [0.15, 0.2) is 24.5 Å². The van der Waals surface area contributed by atoms with E-state index >= 15 is 0 Å². The lowest BCUT2D eigenvalue weighted by atomic mass is 10.3. The number of aryl methyl sites for hydroxylation is 3. The van der Waals surface area contributed by atoms with Gasteiger partial charge in [-0.2, -0.15) is 0 Å². The maximum atomic E-state index is 12.3. The fraction of sp³-hybridized carbons (Fsp3) is 0.333. The summed E-state index contributed by atoms with van der Waals surface area (Å²) >= 11 is 1.63. The maximum absolute atomic E-state index is 12.3. The number of aromatic nitrogens is 3. The summed E-state index contributed by atoms with van der Waals surface area (Å²) in [7, 11) is -0.958. The van der Waals surface area contributed by atoms with Crippen molar-refractivity contribution in [2.24, 2.45) is 0 Å². The van der Waals surface area contributed by atoms with Gasteiger partial charge in [-0.1, -0.05) is 6.07 Å². The topological polar surface area (TPSA) is 47.3 Å². The third kappa shape index (κ3) is 3.06. The van der Waals surface area contributed by atoms with E-state index < -0.39 is 10.8 Å². The van der Waals surface area contributed by atoms with Gasteiger partial charge in [-0.3, -0.25) is 4.21 Å². The summed E-state index contributed by atoms with van der Waals surface area (Å²) in [6, 6.07) is 4.03. The van der Waals surface area contributed by atoms with Crippen molar-refractivity contribution < 1.29 is 4.21 Å². The quantitative estimate of drug-likeness (QED) is 0.742. The van der Waals surface area contributed by atoms with Crippen molar-refractivity contribution in [2.75, 3.05) is 0 Å². The molecule has 0 unspecified atom stereocenters. The van der Waals surface area contributed by atoms with Crippen molar-refractivity contribution in [2.45, 2.75) is 32.3 Å². The zero-order valence-electron chi connectivity index (χ0n) is 12.3. The van der Waals surface area contributed by atoms with Crippen LogP contribution in [-0.2, 0) is 22.3 Å². The number of thiazole rings is 1. The summed E-state index contributed by atoms with van der Waals surface area (Å²) in [5, 5.41) is 1.03. The van der Waals surface area contributed by atoms with Crippen LogP contribution in [0.5, 0.6) is 0 Å². The number of pyridine rings is 1. The molecule has 3 heterocycles. The van der Waals surface area contributed by atoms with Crippen molar-refractivity contribution in [3.63, 3.8) is 0 Å². The Balaban J connectivity index is 1.77. The summed E-state index contributed by atoms with van der Waals surface area (Å²) in [5.41, 5.74) is 3.94. The average molecular weight is 319 g/mol. The summed E-state index contributed by atoms with van der Waals surface area (Å²) in [6.45, 7) is 5.99. The van der Waals surface area contributed by atoms with E-state index in [2.05, 4.69) is 9.97 Å². The lowest BCUT2D eigenvalue weighted by Crippen LogP contribution is -1.99. The molecule has 0 bridgehead atoms. The number of fused-ring (bicyclic) bond motifs is 1. The van der Waals surface area contributed by atoms with Crippen LogP contribution in [0, 0.1) is 20.8 Å². The Bertz CT molecular complexity index is 820. The second kappa shape index (κ2) is 5.69. The van der Waals surface area contributed by atoms with Crippen molar-refractivity contribution >= 4 is 27.8 Å². The molecule has 0 radical (unpaired) electrons. The van der Waals surface area contributed by atoms with E-state index in [1.54, 1.807) is 11.3 Å². The highest BCUT2D eigenvalue weighted by Crippen LogP contribution is 2.20. The molecule has 0 spiro atoms. The third-order valence-corrected chi connectivity index (χ3v) is 5.81. The van der Waals surface area contributed by atoms with Gasteiger partial charge in [-0.05, 0) is 32.4 Å². The normalized spacial score (nSPS) is 12.9. The lowest BCUT2D eigenvalue weighted by Gasteiger charge is -1.98. The number of hydrogen-bond donors (Lipinski definition) is 0. The van der Waals surface area contributed by atoms with Crippen molar-refractivity contribution in [3.8, 4) is 0 Å². The molecular weight excluding hydrogens is 302 g/mol. The number of hydrogen-bond acceptors (Lipinski definition) is 4. The fourth-order valence-electron chi connectivity index (χ4n) is 2.34. The Kier molecular flexibility index (Phi) is 3.91. The highest BCUT2D eigenvalue weighted by molar-refractivity contribution is 7.83. The monoisotopic (exact) mass is 319 g/mol. The standard InChI is InChI=1S/C15H17N3OS2/c1-10-5-4-6-18-7-13(17-15(10)18)8-21(19)9-14-11(2)16-12(3)20-14/h4-7H,8-9H2,1-3H3/t21-/m0/s1. The first kappa shape index (κ1) is 14.4. The molecule has 4 nitrogen and oxygen atoms in total. The summed E-state index contributed by atoms with van der Waals surface area (Å²) in [5.74, 6) is 1.04. The van der Waals surface area contributed by atoms with Crippen molar-refractivity contribution in [1.82, 2.24) is 14.4 Å². The van der Waals surface area contributed by atoms with Crippen LogP contribution in [0.1, 0.15) is 26.8 Å². The highest BCUT2D eigenvalue weighted by atomic mass is 32.2. The molecule has 0 saturated carbocycles. The molecule has 1 atom stereocenters. The first-order valence-electron chi connectivity index (χ1n) is 6.74. The van der Waals surface area contributed by atoms with Crippen LogP contribution in [0.4, 0.5) is 0 Å². The van der Waals surface area contributed by atoms with Gasteiger partial charge in [-0.25, -0.2) is 9.97 Å². The van der Waals surface area contributed by atoms with Crippen molar-refractivity contribution in [3.05, 3.63) is 51.4 Å². The SMILES string of the molecule is Cc1nc(C)c(C[S@@](=O)Cc2cn3cccc(C)c3n2)s1. The van der Waals surface area contributed by atoms with Gasteiger partial charge in [0.05, 0.1) is 27.9 Å². The second-order valence-electron chi connectivity index (χ2n) is 5.12. The minimum absolute atomic E-state index is 0.484. The number of imidazole rings is 1. The predicted molar refractivity (Wildman–Crippen MR) is 87.1 cm³/mol. The maximum Gasteiger partial charge on any atom is 0.139 e. The number of rotatable bonds is 4. The van der Waals surface area contributed by atoms with Gasteiger partial charge in [-0.15, -0.1) is 11.3 Å². The van der Waals surface area contributed by atoms with E-state index in [9.17, 15) is 4.21 Å². The van der Waals surface area contributed by atoms with Gasteiger partial charge in [0.15, 0.2) is 0 Å². The van der Waals surface area contributed by atoms with Crippen LogP contribution < -0.4 is 0 Å². The number of nitrogens with zero attached hydrogens (tertiary/aromatic N) is 3. The zero-order valence-corrected chi connectivity index (χ0v) is 13.9. The Morgan fingerprint density at radius 1 is 1.24 bits per heavy atom. The first-order chi connectivity index (χ1) is 10.0. The Morgan fingerprint density at radius 2 is 2.05 bits per heavy atom. The van der Waals surface area contributed by atoms with E-state index in [1.165, 1.54) is 0 Å². The molecule has 3 rings (SSSR count). The Hall–Kier alpha value is -1.53. The molecule has 0 aliphatic heterocycles. The van der Waals surface area contributed by atoms with E-state index in [0.717, 1.165) is 32.5 Å². The average Bonchev–Trinajstić information content (AvgIpc) is 2.94. The van der Waals surface area contributed by atoms with Crippen molar-refractivity contribution in [1.29, 1.82) is 0 Å². The minimum Gasteiger partial charge on any atom is -0.307 e. The molecular formula is C15H17N3OS2. The Labute approximate surface area is 130 Å². The molecule has 0 aliphatic rings. The summed E-state index contributed by atoms with van der Waals surface area (Å²) in [4.78, 5) is 10.1.